The van der Waals surface area contributed by atoms with Crippen LogP contribution in [0.15, 0.2) is 40.9 Å². The maximum atomic E-state index is 12.3. The van der Waals surface area contributed by atoms with Crippen molar-refractivity contribution in [1.29, 1.82) is 0 Å². The number of ketones is 1. The van der Waals surface area contributed by atoms with Gasteiger partial charge in [0.05, 0.1) is 17.8 Å². The zero-order valence-electron chi connectivity index (χ0n) is 15.4. The summed E-state index contributed by atoms with van der Waals surface area (Å²) in [6.45, 7) is 9.05. The number of carbonyl (C=O) groups excluding carboxylic acids is 2. The van der Waals surface area contributed by atoms with Crippen molar-refractivity contribution in [2.45, 2.75) is 33.1 Å². The van der Waals surface area contributed by atoms with Gasteiger partial charge in [0.15, 0.2) is 0 Å². The number of anilines is 1. The highest BCUT2D eigenvalue weighted by atomic mass is 79.9. The van der Waals surface area contributed by atoms with Crippen LogP contribution >= 0.6 is 15.9 Å². The number of Topliss-reactive ketones (excluding diaryl/α,β-unsaturated/α-hetero) is 1. The SMILES string of the molecule is Cc1cc(Br)cc2c1N(CCOc1ccc(C(C)(C)C)cc1)C(=O)C2=O. The Bertz CT molecular complexity index is 866. The molecule has 1 amide bonds. The lowest BCUT2D eigenvalue weighted by Gasteiger charge is -2.20. The molecule has 0 atom stereocenters. The van der Waals surface area contributed by atoms with Crippen LogP contribution in [0.2, 0.25) is 0 Å². The Balaban J connectivity index is 1.70. The molecule has 1 aliphatic heterocycles. The topological polar surface area (TPSA) is 46.6 Å². The van der Waals surface area contributed by atoms with Crippen molar-refractivity contribution in [2.75, 3.05) is 18.1 Å². The lowest BCUT2D eigenvalue weighted by molar-refractivity contribution is -0.114. The molecule has 0 spiro atoms. The summed E-state index contributed by atoms with van der Waals surface area (Å²) in [5.74, 6) is -0.199. The summed E-state index contributed by atoms with van der Waals surface area (Å²) in [5, 5.41) is 0. The van der Waals surface area contributed by atoms with Crippen molar-refractivity contribution < 1.29 is 14.3 Å². The van der Waals surface area contributed by atoms with Crippen LogP contribution in [0.4, 0.5) is 5.69 Å². The summed E-state index contributed by atoms with van der Waals surface area (Å²) in [5.41, 5.74) is 3.37. The van der Waals surface area contributed by atoms with Crippen LogP contribution < -0.4 is 9.64 Å². The van der Waals surface area contributed by atoms with Gasteiger partial charge in [0, 0.05) is 4.47 Å². The second kappa shape index (κ2) is 6.88. The minimum absolute atomic E-state index is 0.0936. The van der Waals surface area contributed by atoms with E-state index < -0.39 is 11.7 Å². The predicted octanol–water partition coefficient (Wildman–Crippen LogP) is 4.66. The highest BCUT2D eigenvalue weighted by Crippen LogP contribution is 2.34. The van der Waals surface area contributed by atoms with Gasteiger partial charge in [0.2, 0.25) is 0 Å². The fraction of sp³-hybridized carbons (Fsp3) is 0.333. The minimum Gasteiger partial charge on any atom is -0.492 e. The average molecular weight is 416 g/mol. The van der Waals surface area contributed by atoms with E-state index >= 15 is 0 Å². The summed E-state index contributed by atoms with van der Waals surface area (Å²) in [7, 11) is 0. The van der Waals surface area contributed by atoms with Gasteiger partial charge in [0.1, 0.15) is 12.4 Å². The molecule has 4 nitrogen and oxygen atoms in total. The summed E-state index contributed by atoms with van der Waals surface area (Å²) in [6, 6.07) is 11.6. The molecular formula is C21H22BrNO3. The maximum absolute atomic E-state index is 12.3. The second-order valence-corrected chi connectivity index (χ2v) is 8.44. The quantitative estimate of drug-likeness (QED) is 0.681. The number of ether oxygens (including phenoxy) is 1. The van der Waals surface area contributed by atoms with Gasteiger partial charge in [-0.1, -0.05) is 48.8 Å². The normalized spacial score (nSPS) is 14.0. The van der Waals surface area contributed by atoms with Crippen molar-refractivity contribution in [3.8, 4) is 5.75 Å². The van der Waals surface area contributed by atoms with E-state index in [4.69, 9.17) is 4.74 Å². The van der Waals surface area contributed by atoms with E-state index in [1.165, 1.54) is 10.5 Å². The number of nitrogens with zero attached hydrogens (tertiary/aromatic N) is 1. The number of hydrogen-bond acceptors (Lipinski definition) is 3. The number of halogens is 1. The molecule has 2 aromatic carbocycles. The van der Waals surface area contributed by atoms with Crippen LogP contribution in [0.1, 0.15) is 42.3 Å². The maximum Gasteiger partial charge on any atom is 0.299 e. The largest absolute Gasteiger partial charge is 0.492 e. The third-order valence-corrected chi connectivity index (χ3v) is 4.98. The van der Waals surface area contributed by atoms with Gasteiger partial charge in [0.25, 0.3) is 11.7 Å². The summed E-state index contributed by atoms with van der Waals surface area (Å²) in [6.07, 6.45) is 0. The average Bonchev–Trinajstić information content (AvgIpc) is 2.80. The number of amides is 1. The van der Waals surface area contributed by atoms with Crippen molar-refractivity contribution in [1.82, 2.24) is 0 Å². The first kappa shape index (κ1) is 18.6. The van der Waals surface area contributed by atoms with E-state index in [1.807, 2.05) is 25.1 Å². The number of aryl methyl sites for hydroxylation is 1. The highest BCUT2D eigenvalue weighted by molar-refractivity contribution is 9.10. The van der Waals surface area contributed by atoms with Crippen molar-refractivity contribution in [3.05, 3.63) is 57.6 Å². The second-order valence-electron chi connectivity index (χ2n) is 7.53. The number of rotatable bonds is 4. The third kappa shape index (κ3) is 3.54. The Morgan fingerprint density at radius 3 is 2.35 bits per heavy atom. The molecule has 0 unspecified atom stereocenters. The molecule has 0 saturated carbocycles. The molecule has 136 valence electrons. The molecule has 2 aromatic rings. The van der Waals surface area contributed by atoms with Crippen LogP contribution in [0, 0.1) is 6.92 Å². The van der Waals surface area contributed by atoms with E-state index in [1.54, 1.807) is 6.07 Å². The van der Waals surface area contributed by atoms with Gasteiger partial charge >= 0.3 is 0 Å². The van der Waals surface area contributed by atoms with Crippen LogP contribution in [0.25, 0.3) is 0 Å². The van der Waals surface area contributed by atoms with Gasteiger partial charge in [-0.25, -0.2) is 0 Å². The van der Waals surface area contributed by atoms with Gasteiger partial charge in [-0.2, -0.15) is 0 Å². The van der Waals surface area contributed by atoms with Crippen LogP contribution in [-0.2, 0) is 10.2 Å². The standard InChI is InChI=1S/C21H22BrNO3/c1-13-11-15(22)12-17-18(13)23(20(25)19(17)24)9-10-26-16-7-5-14(6-8-16)21(2,3)4/h5-8,11-12H,9-10H2,1-4H3. The Morgan fingerprint density at radius 1 is 1.08 bits per heavy atom. The Hall–Kier alpha value is -2.14. The number of fused-ring (bicyclic) bond motifs is 1. The molecule has 0 aliphatic carbocycles. The molecular weight excluding hydrogens is 394 g/mol. The summed E-state index contributed by atoms with van der Waals surface area (Å²) >= 11 is 3.38. The summed E-state index contributed by atoms with van der Waals surface area (Å²) < 4.78 is 6.58. The molecule has 26 heavy (non-hydrogen) atoms. The predicted molar refractivity (Wildman–Crippen MR) is 106 cm³/mol. The molecule has 1 heterocycles. The van der Waals surface area contributed by atoms with Crippen molar-refractivity contribution in [3.63, 3.8) is 0 Å². The Morgan fingerprint density at radius 2 is 1.73 bits per heavy atom. The fourth-order valence-electron chi connectivity index (χ4n) is 3.13. The number of hydrogen-bond donors (Lipinski definition) is 0. The molecule has 3 rings (SSSR count). The van der Waals surface area contributed by atoms with E-state index in [9.17, 15) is 9.59 Å². The minimum atomic E-state index is -0.493. The highest BCUT2D eigenvalue weighted by Gasteiger charge is 2.37. The number of benzene rings is 2. The van der Waals surface area contributed by atoms with E-state index in [0.717, 1.165) is 15.8 Å². The van der Waals surface area contributed by atoms with Crippen LogP contribution in [-0.4, -0.2) is 24.8 Å². The molecule has 0 fully saturated rings. The molecule has 0 saturated heterocycles. The van der Waals surface area contributed by atoms with Gasteiger partial charge in [-0.15, -0.1) is 0 Å². The van der Waals surface area contributed by atoms with E-state index in [-0.39, 0.29) is 5.41 Å². The lowest BCUT2D eigenvalue weighted by atomic mass is 9.87. The molecule has 0 radical (unpaired) electrons. The third-order valence-electron chi connectivity index (χ3n) is 4.52. The van der Waals surface area contributed by atoms with Crippen molar-refractivity contribution in [2.24, 2.45) is 0 Å². The summed E-state index contributed by atoms with van der Waals surface area (Å²) in [4.78, 5) is 26.1. The van der Waals surface area contributed by atoms with Gasteiger partial charge in [-0.05, 0) is 47.7 Å². The van der Waals surface area contributed by atoms with E-state index in [0.29, 0.717) is 24.4 Å². The first-order valence-corrected chi connectivity index (χ1v) is 9.37. The molecule has 1 aliphatic rings. The smallest absolute Gasteiger partial charge is 0.299 e. The lowest BCUT2D eigenvalue weighted by Crippen LogP contribution is -2.33. The van der Waals surface area contributed by atoms with E-state index in [2.05, 4.69) is 48.8 Å². The zero-order chi connectivity index (χ0) is 19.1. The molecule has 0 bridgehead atoms. The first-order valence-electron chi connectivity index (χ1n) is 8.58. The Labute approximate surface area is 162 Å². The number of carbonyl (C=O) groups is 2. The molecule has 0 aromatic heterocycles. The van der Waals surface area contributed by atoms with Crippen molar-refractivity contribution >= 4 is 33.3 Å². The monoisotopic (exact) mass is 415 g/mol. The Kier molecular flexibility index (Phi) is 4.93. The van der Waals surface area contributed by atoms with Gasteiger partial charge < -0.3 is 9.64 Å². The zero-order valence-corrected chi connectivity index (χ0v) is 17.0. The van der Waals surface area contributed by atoms with Crippen LogP contribution in [0.3, 0.4) is 0 Å². The fourth-order valence-corrected chi connectivity index (χ4v) is 3.70. The first-order chi connectivity index (χ1) is 12.2. The van der Waals surface area contributed by atoms with Gasteiger partial charge in [-0.3, -0.25) is 9.59 Å². The molecule has 0 N–H and O–H groups in total. The van der Waals surface area contributed by atoms with Crippen LogP contribution in [0.5, 0.6) is 5.75 Å². The molecule has 5 heteroatoms.